The minimum Gasteiger partial charge on any atom is -0.458 e. The van der Waals surface area contributed by atoms with Crippen LogP contribution >= 0.6 is 0 Å². The fraction of sp³-hybridized carbons (Fsp3) is 0.577. The summed E-state index contributed by atoms with van der Waals surface area (Å²) >= 11 is 0. The van der Waals surface area contributed by atoms with Gasteiger partial charge in [-0.05, 0) is 82.9 Å². The normalized spacial score (nSPS) is 35.8. The van der Waals surface area contributed by atoms with E-state index in [-0.39, 0.29) is 34.5 Å². The number of ether oxygens (including phenoxy) is 1. The lowest BCUT2D eigenvalue weighted by molar-refractivity contribution is -0.156. The van der Waals surface area contributed by atoms with Crippen LogP contribution in [0.15, 0.2) is 35.9 Å². The minimum atomic E-state index is -0.651. The molecule has 3 aliphatic rings. The summed E-state index contributed by atoms with van der Waals surface area (Å²) in [5, 5.41) is 9.96. The van der Waals surface area contributed by atoms with Gasteiger partial charge in [-0.3, -0.25) is 4.79 Å². The van der Waals surface area contributed by atoms with Crippen molar-refractivity contribution in [3.05, 3.63) is 52.9 Å². The molecule has 1 saturated carbocycles. The molecule has 0 amide bonds. The van der Waals surface area contributed by atoms with Crippen LogP contribution in [0.3, 0.4) is 0 Å². The lowest BCUT2D eigenvalue weighted by Crippen LogP contribution is -2.44. The minimum absolute atomic E-state index is 0.0363. The molecule has 1 saturated heterocycles. The lowest BCUT2D eigenvalue weighted by atomic mass is 9.51. The molecule has 0 spiro atoms. The number of cyclic esters (lactones) is 1. The number of carbonyl (C=O) groups is 1. The third-order valence-electron chi connectivity index (χ3n) is 8.73. The van der Waals surface area contributed by atoms with Crippen molar-refractivity contribution in [1.82, 2.24) is 0 Å². The number of esters is 1. The monoisotopic (exact) mass is 412 g/mol. The highest BCUT2D eigenvalue weighted by Gasteiger charge is 2.62. The number of aliphatic hydroxyl groups is 1. The Kier molecular flexibility index (Phi) is 5.00. The van der Waals surface area contributed by atoms with Gasteiger partial charge in [0.2, 0.25) is 0 Å². The molecule has 2 unspecified atom stereocenters. The Morgan fingerprint density at radius 1 is 1.20 bits per heavy atom. The van der Waals surface area contributed by atoms with Crippen molar-refractivity contribution in [3.63, 3.8) is 0 Å². The second-order valence-electron chi connectivity index (χ2n) is 10.5. The Labute approximate surface area is 179 Å². The molecule has 1 N–H and O–H groups in total. The molecule has 1 heterocycles. The number of allylic oxidation sites excluding steroid dienone is 3. The fourth-order valence-electron chi connectivity index (χ4n) is 5.92. The molecule has 2 bridgehead atoms. The Morgan fingerprint density at radius 3 is 2.60 bits per heavy atom. The molecular weight excluding hydrogens is 379 g/mol. The molecular formula is C26H33FO3. The van der Waals surface area contributed by atoms with Crippen LogP contribution in [0.25, 0.3) is 5.57 Å². The van der Waals surface area contributed by atoms with Gasteiger partial charge in [0.1, 0.15) is 11.9 Å². The maximum Gasteiger partial charge on any atom is 0.309 e. The molecule has 1 aromatic rings. The molecule has 2 fully saturated rings. The fourth-order valence-corrected chi connectivity index (χ4v) is 5.92. The van der Waals surface area contributed by atoms with Crippen LogP contribution in [-0.4, -0.2) is 23.3 Å². The summed E-state index contributed by atoms with van der Waals surface area (Å²) in [5.74, 6) is -0.536. The number of aryl methyl sites for hydroxylation is 1. The first-order chi connectivity index (χ1) is 14.0. The van der Waals surface area contributed by atoms with E-state index in [0.717, 1.165) is 24.8 Å². The van der Waals surface area contributed by atoms with E-state index in [1.165, 1.54) is 11.1 Å². The van der Waals surface area contributed by atoms with Gasteiger partial charge in [-0.15, -0.1) is 0 Å². The van der Waals surface area contributed by atoms with Gasteiger partial charge < -0.3 is 9.84 Å². The maximum atomic E-state index is 14.0. The average Bonchev–Trinajstić information content (AvgIpc) is 2.76. The van der Waals surface area contributed by atoms with E-state index in [9.17, 15) is 14.3 Å². The van der Waals surface area contributed by atoms with E-state index in [2.05, 4.69) is 33.8 Å². The van der Waals surface area contributed by atoms with Crippen molar-refractivity contribution < 1.29 is 19.0 Å². The Morgan fingerprint density at radius 2 is 1.93 bits per heavy atom. The van der Waals surface area contributed by atoms with Gasteiger partial charge in [0.25, 0.3) is 0 Å². The van der Waals surface area contributed by atoms with Crippen molar-refractivity contribution in [2.45, 2.75) is 78.9 Å². The standard InChI is InChI=1S/C26H33FO3/c1-16-12-17(6-9-22(16)27)20-15-25(4)10-11-26(5,24(25,2)3)21(20)8-7-19-13-18(28)14-23(29)30-19/h6-9,12,18-19,28H,10-11,13-15H2,1-5H3/t18-,19-,25?,26?/m0/s1. The summed E-state index contributed by atoms with van der Waals surface area (Å²) in [6.07, 6.45) is 6.67. The van der Waals surface area contributed by atoms with Crippen molar-refractivity contribution in [3.8, 4) is 0 Å². The van der Waals surface area contributed by atoms with E-state index in [0.29, 0.717) is 12.0 Å². The molecule has 0 aromatic heterocycles. The van der Waals surface area contributed by atoms with Crippen LogP contribution in [0.4, 0.5) is 4.39 Å². The number of fused-ring (bicyclic) bond motifs is 2. The highest BCUT2D eigenvalue weighted by Crippen LogP contribution is 2.71. The van der Waals surface area contributed by atoms with Crippen molar-refractivity contribution >= 4 is 11.5 Å². The Bertz CT molecular complexity index is 944. The van der Waals surface area contributed by atoms with Crippen LogP contribution in [0, 0.1) is 29.0 Å². The first kappa shape index (κ1) is 21.3. The molecule has 1 aromatic carbocycles. The summed E-state index contributed by atoms with van der Waals surface area (Å²) < 4.78 is 19.4. The first-order valence-electron chi connectivity index (χ1n) is 11.0. The van der Waals surface area contributed by atoms with Gasteiger partial charge in [-0.25, -0.2) is 4.39 Å². The first-order valence-corrected chi connectivity index (χ1v) is 11.0. The largest absolute Gasteiger partial charge is 0.458 e. The molecule has 3 nitrogen and oxygen atoms in total. The average molecular weight is 413 g/mol. The second-order valence-corrected chi connectivity index (χ2v) is 10.5. The quantitative estimate of drug-likeness (QED) is 0.643. The number of hydrogen-bond donors (Lipinski definition) is 1. The number of carbonyl (C=O) groups excluding carboxylic acids is 1. The number of aliphatic hydroxyl groups excluding tert-OH is 1. The van der Waals surface area contributed by atoms with Crippen LogP contribution in [-0.2, 0) is 9.53 Å². The molecule has 2 aliphatic carbocycles. The molecule has 30 heavy (non-hydrogen) atoms. The van der Waals surface area contributed by atoms with E-state index >= 15 is 0 Å². The van der Waals surface area contributed by atoms with E-state index < -0.39 is 12.2 Å². The smallest absolute Gasteiger partial charge is 0.309 e. The summed E-state index contributed by atoms with van der Waals surface area (Å²) in [6, 6.07) is 5.40. The molecule has 4 heteroatoms. The Balaban J connectivity index is 1.82. The zero-order valence-corrected chi connectivity index (χ0v) is 18.7. The number of rotatable bonds is 3. The summed E-state index contributed by atoms with van der Waals surface area (Å²) in [5.41, 5.74) is 4.48. The van der Waals surface area contributed by atoms with Gasteiger partial charge in [0.15, 0.2) is 0 Å². The van der Waals surface area contributed by atoms with Gasteiger partial charge in [-0.1, -0.05) is 39.8 Å². The molecule has 0 radical (unpaired) electrons. The van der Waals surface area contributed by atoms with Crippen LogP contribution in [0.1, 0.15) is 70.9 Å². The number of halogens is 1. The Hall–Kier alpha value is -1.94. The maximum absolute atomic E-state index is 14.0. The topological polar surface area (TPSA) is 46.5 Å². The summed E-state index contributed by atoms with van der Waals surface area (Å²) in [7, 11) is 0. The SMILES string of the molecule is Cc1cc(C2=C(C=C[C@H]3C[C@H](O)CC(=O)O3)C3(C)CCC(C)(C2)C3(C)C)ccc1F. The van der Waals surface area contributed by atoms with Gasteiger partial charge >= 0.3 is 5.97 Å². The summed E-state index contributed by atoms with van der Waals surface area (Å²) in [6.45, 7) is 11.3. The van der Waals surface area contributed by atoms with Crippen molar-refractivity contribution in [1.29, 1.82) is 0 Å². The van der Waals surface area contributed by atoms with Gasteiger partial charge in [-0.2, -0.15) is 0 Å². The van der Waals surface area contributed by atoms with Gasteiger partial charge in [0, 0.05) is 6.42 Å². The van der Waals surface area contributed by atoms with E-state index in [1.54, 1.807) is 6.07 Å². The predicted octanol–water partition coefficient (Wildman–Crippen LogP) is 5.75. The number of hydrogen-bond acceptors (Lipinski definition) is 3. The van der Waals surface area contributed by atoms with Crippen LogP contribution < -0.4 is 0 Å². The van der Waals surface area contributed by atoms with E-state index in [1.807, 2.05) is 25.1 Å². The molecule has 1 aliphatic heterocycles. The third-order valence-corrected chi connectivity index (χ3v) is 8.73. The zero-order chi connectivity index (χ0) is 21.9. The lowest BCUT2D eigenvalue weighted by Gasteiger charge is -2.53. The number of benzene rings is 1. The summed E-state index contributed by atoms with van der Waals surface area (Å²) in [4.78, 5) is 11.8. The molecule has 162 valence electrons. The molecule has 4 rings (SSSR count). The highest BCUT2D eigenvalue weighted by molar-refractivity contribution is 5.76. The zero-order valence-electron chi connectivity index (χ0n) is 18.7. The van der Waals surface area contributed by atoms with Crippen LogP contribution in [0.5, 0.6) is 0 Å². The van der Waals surface area contributed by atoms with Gasteiger partial charge in [0.05, 0.1) is 12.5 Å². The second kappa shape index (κ2) is 7.05. The third kappa shape index (κ3) is 3.15. The van der Waals surface area contributed by atoms with Crippen molar-refractivity contribution in [2.75, 3.05) is 0 Å². The predicted molar refractivity (Wildman–Crippen MR) is 116 cm³/mol. The van der Waals surface area contributed by atoms with E-state index in [4.69, 9.17) is 4.74 Å². The molecule has 4 atom stereocenters. The van der Waals surface area contributed by atoms with Crippen LogP contribution in [0.2, 0.25) is 0 Å². The van der Waals surface area contributed by atoms with Crippen molar-refractivity contribution in [2.24, 2.45) is 16.2 Å². The highest BCUT2D eigenvalue weighted by atomic mass is 19.1.